The van der Waals surface area contributed by atoms with Crippen LogP contribution in [0.15, 0.2) is 48.5 Å². The van der Waals surface area contributed by atoms with Gasteiger partial charge in [-0.3, -0.25) is 4.79 Å². The molecule has 2 aromatic carbocycles. The van der Waals surface area contributed by atoms with Crippen LogP contribution in [0.5, 0.6) is 11.5 Å². The van der Waals surface area contributed by atoms with Crippen LogP contribution in [-0.4, -0.2) is 48.5 Å². The van der Waals surface area contributed by atoms with E-state index in [9.17, 15) is 15.0 Å². The summed E-state index contributed by atoms with van der Waals surface area (Å²) < 4.78 is 15.8. The molecular weight excluding hydrogens is 348 g/mol. The van der Waals surface area contributed by atoms with E-state index in [1.165, 1.54) is 14.0 Å². The van der Waals surface area contributed by atoms with Crippen molar-refractivity contribution in [3.8, 4) is 11.5 Å². The summed E-state index contributed by atoms with van der Waals surface area (Å²) in [7, 11) is 3.05. The van der Waals surface area contributed by atoms with E-state index in [-0.39, 0.29) is 18.6 Å². The standard InChI is InChI=1S/C21H26O6/c1-21(24,20(23)17-6-4-5-7-18(17)26-3)19(22)12-13-27-14-15-8-10-16(25-2)11-9-15/h4-11,19,22,24H,12-14H2,1-3H3/t19-,21+/m0/s1. The van der Waals surface area contributed by atoms with Crippen molar-refractivity contribution in [1.29, 1.82) is 0 Å². The van der Waals surface area contributed by atoms with Gasteiger partial charge in [-0.25, -0.2) is 0 Å². The minimum absolute atomic E-state index is 0.115. The maximum atomic E-state index is 12.7. The Morgan fingerprint density at radius 3 is 2.37 bits per heavy atom. The van der Waals surface area contributed by atoms with E-state index < -0.39 is 17.5 Å². The monoisotopic (exact) mass is 374 g/mol. The van der Waals surface area contributed by atoms with Crippen LogP contribution in [-0.2, 0) is 11.3 Å². The quantitative estimate of drug-likeness (QED) is 0.491. The molecular formula is C21H26O6. The van der Waals surface area contributed by atoms with Gasteiger partial charge >= 0.3 is 0 Å². The third-order valence-electron chi connectivity index (χ3n) is 4.42. The second-order valence-electron chi connectivity index (χ2n) is 6.38. The lowest BCUT2D eigenvalue weighted by Crippen LogP contribution is -2.47. The Labute approximate surface area is 159 Å². The lowest BCUT2D eigenvalue weighted by Gasteiger charge is -2.28. The smallest absolute Gasteiger partial charge is 0.200 e. The zero-order chi connectivity index (χ0) is 19.9. The van der Waals surface area contributed by atoms with Gasteiger partial charge in [-0.2, -0.15) is 0 Å². The van der Waals surface area contributed by atoms with Crippen LogP contribution in [0.3, 0.4) is 0 Å². The Hall–Kier alpha value is -2.41. The van der Waals surface area contributed by atoms with Gasteiger partial charge in [0, 0.05) is 6.61 Å². The molecule has 0 aliphatic rings. The highest BCUT2D eigenvalue weighted by Crippen LogP contribution is 2.26. The Morgan fingerprint density at radius 1 is 1.07 bits per heavy atom. The van der Waals surface area contributed by atoms with Crippen LogP contribution in [0.25, 0.3) is 0 Å². The van der Waals surface area contributed by atoms with Gasteiger partial charge in [0.15, 0.2) is 11.4 Å². The van der Waals surface area contributed by atoms with E-state index in [1.54, 1.807) is 31.4 Å². The summed E-state index contributed by atoms with van der Waals surface area (Å²) in [5.74, 6) is 0.522. The van der Waals surface area contributed by atoms with Crippen molar-refractivity contribution in [3.63, 3.8) is 0 Å². The first-order valence-corrected chi connectivity index (χ1v) is 8.69. The molecule has 2 N–H and O–H groups in total. The van der Waals surface area contributed by atoms with E-state index in [0.29, 0.717) is 12.4 Å². The number of rotatable bonds is 10. The highest BCUT2D eigenvalue weighted by molar-refractivity contribution is 6.04. The second-order valence-corrected chi connectivity index (χ2v) is 6.38. The van der Waals surface area contributed by atoms with Gasteiger partial charge in [0.25, 0.3) is 0 Å². The summed E-state index contributed by atoms with van der Waals surface area (Å²) in [6.07, 6.45) is -1.16. The normalized spacial score (nSPS) is 14.3. The molecule has 0 bridgehead atoms. The van der Waals surface area contributed by atoms with Crippen LogP contribution < -0.4 is 9.47 Å². The highest BCUT2D eigenvalue weighted by atomic mass is 16.5. The number of para-hydroxylation sites is 1. The lowest BCUT2D eigenvalue weighted by molar-refractivity contribution is -0.0532. The largest absolute Gasteiger partial charge is 0.497 e. The lowest BCUT2D eigenvalue weighted by atomic mass is 9.87. The molecule has 2 aromatic rings. The summed E-state index contributed by atoms with van der Waals surface area (Å²) in [5, 5.41) is 20.9. The number of methoxy groups -OCH3 is 2. The van der Waals surface area contributed by atoms with Crippen LogP contribution in [0, 0.1) is 0 Å². The molecule has 146 valence electrons. The van der Waals surface area contributed by atoms with Gasteiger partial charge in [-0.05, 0) is 43.2 Å². The molecule has 0 spiro atoms. The van der Waals surface area contributed by atoms with Crippen LogP contribution in [0.1, 0.15) is 29.3 Å². The fourth-order valence-electron chi connectivity index (χ4n) is 2.64. The highest BCUT2D eigenvalue weighted by Gasteiger charge is 2.39. The van der Waals surface area contributed by atoms with Crippen LogP contribution >= 0.6 is 0 Å². The third-order valence-corrected chi connectivity index (χ3v) is 4.42. The van der Waals surface area contributed by atoms with Gasteiger partial charge < -0.3 is 24.4 Å². The summed E-state index contributed by atoms with van der Waals surface area (Å²) in [4.78, 5) is 12.7. The van der Waals surface area contributed by atoms with Crippen LogP contribution in [0.4, 0.5) is 0 Å². The third kappa shape index (κ3) is 5.29. The Balaban J connectivity index is 1.89. The van der Waals surface area contributed by atoms with Crippen molar-refractivity contribution in [3.05, 3.63) is 59.7 Å². The minimum Gasteiger partial charge on any atom is -0.497 e. The molecule has 0 aromatic heterocycles. The molecule has 0 fully saturated rings. The molecule has 2 rings (SSSR count). The van der Waals surface area contributed by atoms with Crippen molar-refractivity contribution >= 4 is 5.78 Å². The maximum Gasteiger partial charge on any atom is 0.200 e. The van der Waals surface area contributed by atoms with Crippen molar-refractivity contribution in [2.75, 3.05) is 20.8 Å². The average Bonchev–Trinajstić information content (AvgIpc) is 2.70. The van der Waals surface area contributed by atoms with E-state index in [4.69, 9.17) is 14.2 Å². The van der Waals surface area contributed by atoms with Crippen LogP contribution in [0.2, 0.25) is 0 Å². The van der Waals surface area contributed by atoms with Crippen molar-refractivity contribution in [2.24, 2.45) is 0 Å². The number of ether oxygens (including phenoxy) is 3. The van der Waals surface area contributed by atoms with E-state index >= 15 is 0 Å². The van der Waals surface area contributed by atoms with Gasteiger partial charge in [0.05, 0.1) is 32.5 Å². The summed E-state index contributed by atoms with van der Waals surface area (Å²) in [6, 6.07) is 14.0. The Bertz CT molecular complexity index is 739. The van der Waals surface area contributed by atoms with E-state index in [2.05, 4.69) is 0 Å². The van der Waals surface area contributed by atoms with Gasteiger partial charge in [0.1, 0.15) is 11.5 Å². The van der Waals surface area contributed by atoms with Gasteiger partial charge in [0.2, 0.25) is 0 Å². The number of hydrogen-bond acceptors (Lipinski definition) is 6. The van der Waals surface area contributed by atoms with Crippen molar-refractivity contribution in [2.45, 2.75) is 31.7 Å². The first-order valence-electron chi connectivity index (χ1n) is 8.69. The second kappa shape index (κ2) is 9.50. The summed E-state index contributed by atoms with van der Waals surface area (Å²) >= 11 is 0. The predicted molar refractivity (Wildman–Crippen MR) is 101 cm³/mol. The molecule has 0 radical (unpaired) electrons. The number of carbonyl (C=O) groups excluding carboxylic acids is 1. The number of aliphatic hydroxyl groups is 2. The topological polar surface area (TPSA) is 85.2 Å². The predicted octanol–water partition coefficient (Wildman–Crippen LogP) is 2.61. The molecule has 0 aliphatic heterocycles. The first kappa shape index (κ1) is 20.9. The first-order chi connectivity index (χ1) is 12.9. The average molecular weight is 374 g/mol. The number of Topliss-reactive ketones (excluding diaryl/α,β-unsaturated/α-hetero) is 1. The van der Waals surface area contributed by atoms with E-state index in [1.807, 2.05) is 24.3 Å². The molecule has 0 unspecified atom stereocenters. The molecule has 0 aliphatic carbocycles. The number of hydrogen-bond donors (Lipinski definition) is 2. The SMILES string of the molecule is COc1ccc(COCC[C@H](O)[C@@](C)(O)C(=O)c2ccccc2OC)cc1. The maximum absolute atomic E-state index is 12.7. The molecule has 6 nitrogen and oxygen atoms in total. The fourth-order valence-corrected chi connectivity index (χ4v) is 2.64. The Morgan fingerprint density at radius 2 is 1.74 bits per heavy atom. The summed E-state index contributed by atoms with van der Waals surface area (Å²) in [6.45, 7) is 1.86. The molecule has 0 saturated carbocycles. The number of carbonyl (C=O) groups is 1. The molecule has 0 amide bonds. The van der Waals surface area contributed by atoms with Gasteiger partial charge in [-0.15, -0.1) is 0 Å². The van der Waals surface area contributed by atoms with Crippen molar-refractivity contribution in [1.82, 2.24) is 0 Å². The van der Waals surface area contributed by atoms with Gasteiger partial charge in [-0.1, -0.05) is 24.3 Å². The Kier molecular flexibility index (Phi) is 7.36. The number of aliphatic hydroxyl groups excluding tert-OH is 1. The molecule has 6 heteroatoms. The molecule has 27 heavy (non-hydrogen) atoms. The number of ketones is 1. The molecule has 2 atom stereocenters. The number of benzene rings is 2. The fraction of sp³-hybridized carbons (Fsp3) is 0.381. The molecule has 0 saturated heterocycles. The zero-order valence-electron chi connectivity index (χ0n) is 15.8. The molecule has 0 heterocycles. The van der Waals surface area contributed by atoms with E-state index in [0.717, 1.165) is 11.3 Å². The minimum atomic E-state index is -1.95. The van der Waals surface area contributed by atoms with Crippen molar-refractivity contribution < 1.29 is 29.2 Å². The zero-order valence-corrected chi connectivity index (χ0v) is 15.8. The summed E-state index contributed by atoms with van der Waals surface area (Å²) in [5.41, 5.74) is -0.761.